The van der Waals surface area contributed by atoms with E-state index in [0.717, 1.165) is 5.56 Å². The van der Waals surface area contributed by atoms with Gasteiger partial charge in [-0.15, -0.1) is 0 Å². The molecule has 2 N–H and O–H groups in total. The smallest absolute Gasteiger partial charge is 0.319 e. The van der Waals surface area contributed by atoms with Crippen molar-refractivity contribution < 1.29 is 17.9 Å². The zero-order valence-corrected chi connectivity index (χ0v) is 21.0. The number of rotatable bonds is 7. The molecule has 2 fully saturated rings. The summed E-state index contributed by atoms with van der Waals surface area (Å²) in [6, 6.07) is 8.94. The number of nitrogens with zero attached hydrogens (tertiary/aromatic N) is 3. The van der Waals surface area contributed by atoms with E-state index in [2.05, 4.69) is 22.5 Å². The van der Waals surface area contributed by atoms with Crippen LogP contribution >= 0.6 is 0 Å². The highest BCUT2D eigenvalue weighted by molar-refractivity contribution is 7.93. The van der Waals surface area contributed by atoms with E-state index in [-0.39, 0.29) is 12.1 Å². The van der Waals surface area contributed by atoms with Gasteiger partial charge in [-0.1, -0.05) is 0 Å². The van der Waals surface area contributed by atoms with Crippen molar-refractivity contribution in [3.8, 4) is 11.4 Å². The zero-order chi connectivity index (χ0) is 24.5. The lowest BCUT2D eigenvalue weighted by molar-refractivity contribution is 0.0985. The predicted octanol–water partition coefficient (Wildman–Crippen LogP) is 3.32. The average Bonchev–Trinajstić information content (AvgIpc) is 3.62. The van der Waals surface area contributed by atoms with Gasteiger partial charge >= 0.3 is 6.03 Å². The molecule has 1 aromatic heterocycles. The molecule has 0 spiro atoms. The van der Waals surface area contributed by atoms with Gasteiger partial charge < -0.3 is 20.3 Å². The molecule has 0 unspecified atom stereocenters. The molecule has 1 aliphatic carbocycles. The number of hydrogen-bond acceptors (Lipinski definition) is 7. The highest BCUT2D eigenvalue weighted by atomic mass is 32.2. The summed E-state index contributed by atoms with van der Waals surface area (Å²) in [4.78, 5) is 23.6. The van der Waals surface area contributed by atoms with Gasteiger partial charge in [-0.2, -0.15) is 0 Å². The summed E-state index contributed by atoms with van der Waals surface area (Å²) in [7, 11) is -3.39. The largest absolute Gasteiger partial charge is 0.377 e. The first-order chi connectivity index (χ1) is 16.2. The number of sulfone groups is 1. The standard InChI is InChI=1S/C24H33N5O4S/c1-5-25-23(30)26-19-8-6-18(7-9-19)22-27-20(24(10-11-24)34(31,32)16(2)3)14-21(28-22)29-12-13-33-15-17(29)4/h6-9,14,16-17H,5,10-13,15H2,1-4H3,(H2,25,26,30)/t17-/m0/s1. The Morgan fingerprint density at radius 3 is 2.53 bits per heavy atom. The maximum absolute atomic E-state index is 13.3. The highest BCUT2D eigenvalue weighted by Crippen LogP contribution is 2.54. The Morgan fingerprint density at radius 1 is 1.24 bits per heavy atom. The third kappa shape index (κ3) is 4.61. The second-order valence-corrected chi connectivity index (χ2v) is 12.0. The van der Waals surface area contributed by atoms with Gasteiger partial charge in [0.2, 0.25) is 0 Å². The van der Waals surface area contributed by atoms with Crippen LogP contribution in [0.25, 0.3) is 11.4 Å². The van der Waals surface area contributed by atoms with Gasteiger partial charge in [-0.25, -0.2) is 23.2 Å². The number of nitrogens with one attached hydrogen (secondary N) is 2. The number of anilines is 2. The van der Waals surface area contributed by atoms with E-state index in [4.69, 9.17) is 14.7 Å². The molecule has 0 radical (unpaired) electrons. The number of carbonyl (C=O) groups is 1. The van der Waals surface area contributed by atoms with Crippen LogP contribution in [0.4, 0.5) is 16.3 Å². The van der Waals surface area contributed by atoms with Crippen molar-refractivity contribution in [1.29, 1.82) is 0 Å². The molecule has 1 saturated carbocycles. The van der Waals surface area contributed by atoms with Gasteiger partial charge in [0.25, 0.3) is 0 Å². The van der Waals surface area contributed by atoms with Crippen LogP contribution in [0.1, 0.15) is 46.2 Å². The van der Waals surface area contributed by atoms with E-state index in [1.165, 1.54) is 0 Å². The summed E-state index contributed by atoms with van der Waals surface area (Å²) in [5, 5.41) is 4.98. The minimum atomic E-state index is -3.39. The molecule has 1 atom stereocenters. The normalized spacial score (nSPS) is 19.7. The van der Waals surface area contributed by atoms with Gasteiger partial charge in [-0.3, -0.25) is 0 Å². The monoisotopic (exact) mass is 487 g/mol. The zero-order valence-electron chi connectivity index (χ0n) is 20.2. The molecule has 4 rings (SSSR count). The average molecular weight is 488 g/mol. The summed E-state index contributed by atoms with van der Waals surface area (Å²) in [6.07, 6.45) is 1.13. The Labute approximate surface area is 201 Å². The Kier molecular flexibility index (Phi) is 6.82. The van der Waals surface area contributed by atoms with Crippen molar-refractivity contribution >= 4 is 27.4 Å². The van der Waals surface area contributed by atoms with Crippen LogP contribution in [-0.2, 0) is 19.3 Å². The third-order valence-corrected chi connectivity index (χ3v) is 9.40. The summed E-state index contributed by atoms with van der Waals surface area (Å²) >= 11 is 0. The molecule has 0 bridgehead atoms. The lowest BCUT2D eigenvalue weighted by Gasteiger charge is -2.35. The van der Waals surface area contributed by atoms with E-state index in [9.17, 15) is 13.2 Å². The van der Waals surface area contributed by atoms with E-state index in [0.29, 0.717) is 62.2 Å². The topological polar surface area (TPSA) is 114 Å². The number of ether oxygens (including phenoxy) is 1. The lowest BCUT2D eigenvalue weighted by Crippen LogP contribution is -2.44. The van der Waals surface area contributed by atoms with Gasteiger partial charge in [-0.05, 0) is 64.8 Å². The quantitative estimate of drug-likeness (QED) is 0.616. The molecule has 9 nitrogen and oxygen atoms in total. The number of aromatic nitrogens is 2. The first-order valence-electron chi connectivity index (χ1n) is 11.8. The fraction of sp³-hybridized carbons (Fsp3) is 0.542. The summed E-state index contributed by atoms with van der Waals surface area (Å²) in [5.74, 6) is 1.19. The third-order valence-electron chi connectivity index (χ3n) is 6.45. The number of hydrogen-bond donors (Lipinski definition) is 2. The highest BCUT2D eigenvalue weighted by Gasteiger charge is 2.58. The molecular weight excluding hydrogens is 454 g/mol. The molecule has 2 heterocycles. The van der Waals surface area contributed by atoms with Crippen LogP contribution < -0.4 is 15.5 Å². The Bertz CT molecular complexity index is 1150. The molecule has 2 amide bonds. The van der Waals surface area contributed by atoms with E-state index < -0.39 is 19.8 Å². The van der Waals surface area contributed by atoms with Gasteiger partial charge in [0.15, 0.2) is 15.7 Å². The second kappa shape index (κ2) is 9.50. The second-order valence-electron chi connectivity index (χ2n) is 9.20. The minimum Gasteiger partial charge on any atom is -0.377 e. The summed E-state index contributed by atoms with van der Waals surface area (Å²) in [5.41, 5.74) is 1.96. The van der Waals surface area contributed by atoms with Crippen LogP contribution in [0.3, 0.4) is 0 Å². The molecule has 184 valence electrons. The van der Waals surface area contributed by atoms with Crippen molar-refractivity contribution in [3.63, 3.8) is 0 Å². The minimum absolute atomic E-state index is 0.116. The van der Waals surface area contributed by atoms with Crippen molar-refractivity contribution in [2.45, 2.75) is 56.6 Å². The molecular formula is C24H33N5O4S. The number of morpholine rings is 1. The molecule has 10 heteroatoms. The number of amides is 2. The molecule has 1 aromatic carbocycles. The predicted molar refractivity (Wildman–Crippen MR) is 133 cm³/mol. The van der Waals surface area contributed by atoms with E-state index >= 15 is 0 Å². The van der Waals surface area contributed by atoms with Crippen LogP contribution in [0.15, 0.2) is 30.3 Å². The van der Waals surface area contributed by atoms with Crippen molar-refractivity contribution in [1.82, 2.24) is 15.3 Å². The van der Waals surface area contributed by atoms with Crippen molar-refractivity contribution in [2.24, 2.45) is 0 Å². The maximum Gasteiger partial charge on any atom is 0.319 e. The van der Waals surface area contributed by atoms with Gasteiger partial charge in [0.05, 0.1) is 30.2 Å². The number of carbonyl (C=O) groups excluding carboxylic acids is 1. The molecule has 1 saturated heterocycles. The van der Waals surface area contributed by atoms with Crippen molar-refractivity contribution in [2.75, 3.05) is 36.5 Å². The van der Waals surface area contributed by atoms with Gasteiger partial charge in [0, 0.05) is 30.4 Å². The first-order valence-corrected chi connectivity index (χ1v) is 13.4. The fourth-order valence-corrected chi connectivity index (χ4v) is 6.27. The number of urea groups is 1. The van der Waals surface area contributed by atoms with E-state index in [1.54, 1.807) is 26.0 Å². The number of benzene rings is 1. The van der Waals surface area contributed by atoms with Crippen LogP contribution in [0.2, 0.25) is 0 Å². The molecule has 34 heavy (non-hydrogen) atoms. The fourth-order valence-electron chi connectivity index (χ4n) is 4.30. The SMILES string of the molecule is CCNC(=O)Nc1ccc(-c2nc(N3CCOC[C@@H]3C)cc(C3(S(=O)(=O)C(C)C)CC3)n2)cc1. The maximum atomic E-state index is 13.3. The lowest BCUT2D eigenvalue weighted by atomic mass is 10.1. The van der Waals surface area contributed by atoms with Crippen LogP contribution in [0, 0.1) is 0 Å². The van der Waals surface area contributed by atoms with Gasteiger partial charge in [0.1, 0.15) is 10.6 Å². The Morgan fingerprint density at radius 2 is 1.94 bits per heavy atom. The van der Waals surface area contributed by atoms with E-state index in [1.807, 2.05) is 25.1 Å². The molecule has 2 aromatic rings. The Balaban J connectivity index is 1.75. The first kappa shape index (κ1) is 24.4. The Hall–Kier alpha value is -2.72. The summed E-state index contributed by atoms with van der Waals surface area (Å²) < 4.78 is 31.2. The van der Waals surface area contributed by atoms with Crippen LogP contribution in [-0.4, -0.2) is 62.0 Å². The molecule has 2 aliphatic rings. The van der Waals surface area contributed by atoms with Crippen molar-refractivity contribution in [3.05, 3.63) is 36.0 Å². The molecule has 1 aliphatic heterocycles. The van der Waals surface area contributed by atoms with Crippen LogP contribution in [0.5, 0.6) is 0 Å². The summed E-state index contributed by atoms with van der Waals surface area (Å²) in [6.45, 7) is 9.77.